The lowest BCUT2D eigenvalue weighted by molar-refractivity contribution is 0.368. The molecule has 96 valence electrons. The summed E-state index contributed by atoms with van der Waals surface area (Å²) in [5, 5.41) is 12.5. The van der Waals surface area contributed by atoms with E-state index in [1.807, 2.05) is 54.6 Å². The van der Waals surface area contributed by atoms with E-state index in [1.54, 1.807) is 0 Å². The zero-order chi connectivity index (χ0) is 13.5. The van der Waals surface area contributed by atoms with E-state index in [0.29, 0.717) is 5.75 Å². The Morgan fingerprint density at radius 2 is 1.74 bits per heavy atom. The Labute approximate surface area is 117 Å². The highest BCUT2D eigenvalue weighted by atomic mass is 35.5. The van der Waals surface area contributed by atoms with Crippen LogP contribution in [0.5, 0.6) is 5.75 Å². The zero-order valence-electron chi connectivity index (χ0n) is 10.3. The average molecular weight is 273 g/mol. The summed E-state index contributed by atoms with van der Waals surface area (Å²) in [5.74, 6) is 0.693. The monoisotopic (exact) mass is 272 g/mol. The van der Waals surface area contributed by atoms with Crippen LogP contribution < -0.4 is 10.1 Å². The van der Waals surface area contributed by atoms with Crippen LogP contribution in [0.15, 0.2) is 48.5 Å². The number of nitrogens with zero attached hydrogens (tertiary/aromatic N) is 1. The van der Waals surface area contributed by atoms with Crippen molar-refractivity contribution in [2.24, 2.45) is 0 Å². The second-order valence-corrected chi connectivity index (χ2v) is 4.39. The van der Waals surface area contributed by atoms with Gasteiger partial charge in [0, 0.05) is 17.3 Å². The fourth-order valence-electron chi connectivity index (χ4n) is 1.59. The van der Waals surface area contributed by atoms with Gasteiger partial charge < -0.3 is 10.1 Å². The highest BCUT2D eigenvalue weighted by Gasteiger charge is 1.96. The van der Waals surface area contributed by atoms with Crippen LogP contribution in [-0.4, -0.2) is 6.61 Å². The second-order valence-electron chi connectivity index (χ2n) is 3.95. The molecule has 0 fully saturated rings. The van der Waals surface area contributed by atoms with E-state index in [4.69, 9.17) is 21.6 Å². The smallest absolute Gasteiger partial charge is 0.174 e. The van der Waals surface area contributed by atoms with Gasteiger partial charge >= 0.3 is 0 Å². The predicted molar refractivity (Wildman–Crippen MR) is 76.3 cm³/mol. The van der Waals surface area contributed by atoms with Crippen LogP contribution in [0.25, 0.3) is 0 Å². The first-order valence-electron chi connectivity index (χ1n) is 5.86. The highest BCUT2D eigenvalue weighted by Crippen LogP contribution is 2.17. The topological polar surface area (TPSA) is 45.0 Å². The molecular weight excluding hydrogens is 260 g/mol. The molecule has 2 aromatic carbocycles. The molecule has 0 unspecified atom stereocenters. The molecule has 2 aromatic rings. The zero-order valence-corrected chi connectivity index (χ0v) is 11.0. The van der Waals surface area contributed by atoms with Gasteiger partial charge in [-0.15, -0.1) is 0 Å². The van der Waals surface area contributed by atoms with Gasteiger partial charge in [0.1, 0.15) is 11.8 Å². The molecule has 19 heavy (non-hydrogen) atoms. The Balaban J connectivity index is 1.89. The minimum absolute atomic E-state index is 0.0670. The molecule has 0 aliphatic carbocycles. The molecule has 3 nitrogen and oxygen atoms in total. The van der Waals surface area contributed by atoms with Crippen LogP contribution in [0.2, 0.25) is 5.02 Å². The number of nitriles is 1. The quantitative estimate of drug-likeness (QED) is 0.899. The average Bonchev–Trinajstić information content (AvgIpc) is 2.46. The third kappa shape index (κ3) is 4.20. The molecule has 1 N–H and O–H groups in total. The Morgan fingerprint density at radius 1 is 1.05 bits per heavy atom. The van der Waals surface area contributed by atoms with Crippen molar-refractivity contribution in [1.29, 1.82) is 5.26 Å². The summed E-state index contributed by atoms with van der Waals surface area (Å²) in [6, 6.07) is 17.2. The number of halogens is 1. The fourth-order valence-corrected chi connectivity index (χ4v) is 1.72. The molecule has 0 bridgehead atoms. The number of nitrogens with one attached hydrogen (secondary N) is 1. The van der Waals surface area contributed by atoms with Crippen molar-refractivity contribution in [3.8, 4) is 11.8 Å². The van der Waals surface area contributed by atoms with Crippen molar-refractivity contribution in [3.05, 3.63) is 59.1 Å². The van der Waals surface area contributed by atoms with E-state index in [2.05, 4.69) is 5.32 Å². The molecule has 0 heterocycles. The van der Waals surface area contributed by atoms with Crippen LogP contribution in [0.1, 0.15) is 5.56 Å². The van der Waals surface area contributed by atoms with Crippen molar-refractivity contribution in [3.63, 3.8) is 0 Å². The van der Waals surface area contributed by atoms with Crippen molar-refractivity contribution >= 4 is 17.3 Å². The van der Waals surface area contributed by atoms with Gasteiger partial charge in [0.15, 0.2) is 6.61 Å². The van der Waals surface area contributed by atoms with Crippen molar-refractivity contribution < 1.29 is 4.74 Å². The van der Waals surface area contributed by atoms with Crippen molar-refractivity contribution in [1.82, 2.24) is 0 Å². The number of hydrogen-bond donors (Lipinski definition) is 1. The summed E-state index contributed by atoms with van der Waals surface area (Å²) >= 11 is 5.83. The van der Waals surface area contributed by atoms with Gasteiger partial charge in [0.05, 0.1) is 0 Å². The molecule has 0 aliphatic rings. The highest BCUT2D eigenvalue weighted by molar-refractivity contribution is 6.30. The van der Waals surface area contributed by atoms with Gasteiger partial charge in [0.2, 0.25) is 0 Å². The van der Waals surface area contributed by atoms with Crippen LogP contribution >= 0.6 is 11.6 Å². The molecule has 0 saturated heterocycles. The van der Waals surface area contributed by atoms with Crippen LogP contribution in [0, 0.1) is 11.3 Å². The Morgan fingerprint density at radius 3 is 2.37 bits per heavy atom. The van der Waals surface area contributed by atoms with Gasteiger partial charge in [-0.1, -0.05) is 23.7 Å². The number of rotatable bonds is 5. The summed E-state index contributed by atoms with van der Waals surface area (Å²) in [6.07, 6.45) is 0. The summed E-state index contributed by atoms with van der Waals surface area (Å²) in [6.45, 7) is 0.799. The molecule has 0 aliphatic heterocycles. The number of hydrogen-bond acceptors (Lipinski definition) is 3. The largest absolute Gasteiger partial charge is 0.479 e. The minimum Gasteiger partial charge on any atom is -0.479 e. The summed E-state index contributed by atoms with van der Waals surface area (Å²) in [4.78, 5) is 0. The van der Waals surface area contributed by atoms with Gasteiger partial charge in [-0.25, -0.2) is 0 Å². The van der Waals surface area contributed by atoms with Crippen molar-refractivity contribution in [2.75, 3.05) is 11.9 Å². The van der Waals surface area contributed by atoms with E-state index in [-0.39, 0.29) is 6.61 Å². The van der Waals surface area contributed by atoms with Crippen LogP contribution in [0.3, 0.4) is 0 Å². The Bertz CT molecular complexity index is 558. The van der Waals surface area contributed by atoms with E-state index in [0.717, 1.165) is 22.8 Å². The van der Waals surface area contributed by atoms with E-state index in [1.165, 1.54) is 0 Å². The predicted octanol–water partition coefficient (Wildman–Crippen LogP) is 3.85. The molecular formula is C15H13ClN2O. The Hall–Kier alpha value is -2.18. The lowest BCUT2D eigenvalue weighted by Gasteiger charge is -2.08. The van der Waals surface area contributed by atoms with Crippen molar-refractivity contribution in [2.45, 2.75) is 6.54 Å². The maximum atomic E-state index is 8.42. The number of benzene rings is 2. The SMILES string of the molecule is N#CCOc1ccc(NCc2ccc(Cl)cc2)cc1. The minimum atomic E-state index is 0.0670. The lowest BCUT2D eigenvalue weighted by Crippen LogP contribution is -1.99. The van der Waals surface area contributed by atoms with Gasteiger partial charge in [0.25, 0.3) is 0 Å². The van der Waals surface area contributed by atoms with Gasteiger partial charge in [-0.2, -0.15) is 5.26 Å². The molecule has 0 saturated carbocycles. The van der Waals surface area contributed by atoms with E-state index in [9.17, 15) is 0 Å². The molecule has 2 rings (SSSR count). The Kier molecular flexibility index (Phi) is 4.66. The summed E-state index contributed by atoms with van der Waals surface area (Å²) in [7, 11) is 0. The first-order chi connectivity index (χ1) is 9.28. The lowest BCUT2D eigenvalue weighted by atomic mass is 10.2. The molecule has 0 radical (unpaired) electrons. The molecule has 4 heteroatoms. The number of ether oxygens (including phenoxy) is 1. The third-order valence-corrected chi connectivity index (χ3v) is 2.82. The summed E-state index contributed by atoms with van der Waals surface area (Å²) < 4.78 is 5.18. The second kappa shape index (κ2) is 6.67. The van der Waals surface area contributed by atoms with Gasteiger partial charge in [-0.3, -0.25) is 0 Å². The molecule has 0 amide bonds. The molecule has 0 spiro atoms. The maximum Gasteiger partial charge on any atom is 0.174 e. The van der Waals surface area contributed by atoms with Gasteiger partial charge in [-0.05, 0) is 42.0 Å². The first kappa shape index (κ1) is 13.3. The first-order valence-corrected chi connectivity index (χ1v) is 6.24. The number of anilines is 1. The fraction of sp³-hybridized carbons (Fsp3) is 0.133. The van der Waals surface area contributed by atoms with E-state index < -0.39 is 0 Å². The van der Waals surface area contributed by atoms with E-state index >= 15 is 0 Å². The summed E-state index contributed by atoms with van der Waals surface area (Å²) in [5.41, 5.74) is 2.16. The third-order valence-electron chi connectivity index (χ3n) is 2.57. The standard InChI is InChI=1S/C15H13ClN2O/c16-13-3-1-12(2-4-13)11-18-14-5-7-15(8-6-14)19-10-9-17/h1-8,18H,10-11H2. The maximum absolute atomic E-state index is 8.42. The van der Waals surface area contributed by atoms with Crippen LogP contribution in [-0.2, 0) is 6.54 Å². The molecule has 0 atom stereocenters. The molecule has 0 aromatic heterocycles. The normalized spacial score (nSPS) is 9.68. The van der Waals surface area contributed by atoms with Crippen LogP contribution in [0.4, 0.5) is 5.69 Å².